The van der Waals surface area contributed by atoms with Crippen molar-refractivity contribution in [2.75, 3.05) is 0 Å². The first-order chi connectivity index (χ1) is 27.3. The Bertz CT molecular complexity index is 3470. The molecule has 0 aliphatic rings. The van der Waals surface area contributed by atoms with Crippen LogP contribution in [0.25, 0.3) is 104 Å². The molecule has 12 aromatic rings. The molecule has 3 heteroatoms. The lowest BCUT2D eigenvalue weighted by Gasteiger charge is -2.11. The first-order valence-electron chi connectivity index (χ1n) is 18.9. The van der Waals surface area contributed by atoms with Gasteiger partial charge in [0.1, 0.15) is 0 Å². The summed E-state index contributed by atoms with van der Waals surface area (Å²) in [5, 5.41) is 10.0. The van der Waals surface area contributed by atoms with Gasteiger partial charge in [0.2, 0.25) is 0 Å². The highest BCUT2D eigenvalue weighted by atomic mass is 15.0. The summed E-state index contributed by atoms with van der Waals surface area (Å²) >= 11 is 0. The molecule has 0 fully saturated rings. The summed E-state index contributed by atoms with van der Waals surface area (Å²) < 4.78 is 7.21. The summed E-state index contributed by atoms with van der Waals surface area (Å²) in [6, 6.07) is 73.2. The van der Waals surface area contributed by atoms with E-state index >= 15 is 0 Å². The molecule has 0 unspecified atom stereocenters. The van der Waals surface area contributed by atoms with Crippen molar-refractivity contribution in [2.45, 2.75) is 0 Å². The number of aromatic nitrogens is 3. The highest BCUT2D eigenvalue weighted by molar-refractivity contribution is 6.15. The van der Waals surface area contributed by atoms with E-state index in [9.17, 15) is 0 Å². The van der Waals surface area contributed by atoms with Gasteiger partial charge in [-0.1, -0.05) is 109 Å². The van der Waals surface area contributed by atoms with Crippen molar-refractivity contribution in [2.24, 2.45) is 0 Å². The fourth-order valence-electron chi connectivity index (χ4n) is 9.13. The smallest absolute Gasteiger partial charge is 0.0547 e. The van der Waals surface area contributed by atoms with Crippen LogP contribution < -0.4 is 0 Å². The molecule has 0 saturated heterocycles. The number of fused-ring (bicyclic) bond motifs is 10. The maximum atomic E-state index is 2.43. The Hall–Kier alpha value is -7.36. The molecule has 0 bridgehead atoms. The van der Waals surface area contributed by atoms with Crippen LogP contribution in [0.1, 0.15) is 0 Å². The molecule has 0 amide bonds. The lowest BCUT2D eigenvalue weighted by Crippen LogP contribution is -1.95. The predicted octanol–water partition coefficient (Wildman–Crippen LogP) is 13.8. The van der Waals surface area contributed by atoms with Crippen LogP contribution >= 0.6 is 0 Å². The summed E-state index contributed by atoms with van der Waals surface area (Å²) in [5.74, 6) is 0. The van der Waals surface area contributed by atoms with Crippen LogP contribution in [0.3, 0.4) is 0 Å². The second-order valence-electron chi connectivity index (χ2n) is 14.6. The standard InChI is InChI=1S/C52H33N3/c1-3-13-38(14-4-1)53-47-20-10-7-17-41(47)44-30-34(24-27-50(44)53)35-25-28-51-45(31-35)42-18-8-12-22-49(42)55(51)40-26-23-36-32-46-43-19-9-11-21-48(43)54(39-15-5-2-6-16-39)52(46)33-37(36)29-40/h1-33H. The molecule has 0 spiro atoms. The van der Waals surface area contributed by atoms with E-state index in [0.717, 1.165) is 5.69 Å². The second kappa shape index (κ2) is 11.6. The number of hydrogen-bond acceptors (Lipinski definition) is 0. The fourth-order valence-corrected chi connectivity index (χ4v) is 9.13. The van der Waals surface area contributed by atoms with E-state index in [-0.39, 0.29) is 0 Å². The topological polar surface area (TPSA) is 14.8 Å². The van der Waals surface area contributed by atoms with E-state index in [0.29, 0.717) is 0 Å². The zero-order valence-corrected chi connectivity index (χ0v) is 29.9. The summed E-state index contributed by atoms with van der Waals surface area (Å²) in [4.78, 5) is 0. The third-order valence-electron chi connectivity index (χ3n) is 11.6. The molecule has 0 aliphatic heterocycles. The van der Waals surface area contributed by atoms with Crippen LogP contribution in [0.15, 0.2) is 200 Å². The average molecular weight is 700 g/mol. The molecular formula is C52H33N3. The lowest BCUT2D eigenvalue weighted by atomic mass is 10.0. The van der Waals surface area contributed by atoms with Crippen molar-refractivity contribution >= 4 is 76.2 Å². The molecule has 3 heterocycles. The van der Waals surface area contributed by atoms with Gasteiger partial charge in [0, 0.05) is 49.4 Å². The van der Waals surface area contributed by atoms with Crippen molar-refractivity contribution in [3.05, 3.63) is 200 Å². The van der Waals surface area contributed by atoms with Crippen molar-refractivity contribution in [1.82, 2.24) is 13.7 Å². The monoisotopic (exact) mass is 699 g/mol. The number of rotatable bonds is 4. The van der Waals surface area contributed by atoms with Crippen LogP contribution in [0, 0.1) is 0 Å². The van der Waals surface area contributed by atoms with Crippen molar-refractivity contribution in [3.63, 3.8) is 0 Å². The summed E-state index contributed by atoms with van der Waals surface area (Å²) in [5.41, 5.74) is 13.2. The maximum absolute atomic E-state index is 2.43. The highest BCUT2D eigenvalue weighted by Gasteiger charge is 2.18. The largest absolute Gasteiger partial charge is 0.309 e. The number of benzene rings is 9. The van der Waals surface area contributed by atoms with Gasteiger partial charge in [-0.25, -0.2) is 0 Å². The molecule has 55 heavy (non-hydrogen) atoms. The van der Waals surface area contributed by atoms with E-state index in [1.807, 2.05) is 0 Å². The van der Waals surface area contributed by atoms with Gasteiger partial charge in [-0.2, -0.15) is 0 Å². The molecule has 9 aromatic carbocycles. The number of nitrogens with zero attached hydrogens (tertiary/aromatic N) is 3. The minimum absolute atomic E-state index is 1.16. The molecular weight excluding hydrogens is 667 g/mol. The average Bonchev–Trinajstić information content (AvgIpc) is 3.88. The van der Waals surface area contributed by atoms with Crippen molar-refractivity contribution in [3.8, 4) is 28.2 Å². The van der Waals surface area contributed by atoms with E-state index in [4.69, 9.17) is 0 Å². The van der Waals surface area contributed by atoms with Gasteiger partial charge in [0.15, 0.2) is 0 Å². The minimum Gasteiger partial charge on any atom is -0.309 e. The maximum Gasteiger partial charge on any atom is 0.0547 e. The first kappa shape index (κ1) is 30.1. The fraction of sp³-hybridized carbons (Fsp3) is 0. The molecule has 256 valence electrons. The molecule has 0 aliphatic carbocycles. The van der Waals surface area contributed by atoms with Gasteiger partial charge in [-0.05, 0) is 113 Å². The zero-order valence-electron chi connectivity index (χ0n) is 29.9. The van der Waals surface area contributed by atoms with Gasteiger partial charge < -0.3 is 13.7 Å². The Kier molecular flexibility index (Phi) is 6.34. The van der Waals surface area contributed by atoms with Crippen LogP contribution in [-0.4, -0.2) is 13.7 Å². The van der Waals surface area contributed by atoms with E-state index in [1.54, 1.807) is 0 Å². The minimum atomic E-state index is 1.16. The third-order valence-corrected chi connectivity index (χ3v) is 11.6. The van der Waals surface area contributed by atoms with Gasteiger partial charge in [-0.3, -0.25) is 0 Å². The number of para-hydroxylation sites is 5. The van der Waals surface area contributed by atoms with Crippen LogP contribution in [0.4, 0.5) is 0 Å². The van der Waals surface area contributed by atoms with E-state index < -0.39 is 0 Å². The van der Waals surface area contributed by atoms with Crippen LogP contribution in [0.5, 0.6) is 0 Å². The van der Waals surface area contributed by atoms with Crippen molar-refractivity contribution in [1.29, 1.82) is 0 Å². The van der Waals surface area contributed by atoms with E-state index in [2.05, 4.69) is 214 Å². The van der Waals surface area contributed by atoms with Gasteiger partial charge in [0.05, 0.1) is 33.1 Å². The van der Waals surface area contributed by atoms with E-state index in [1.165, 1.54) is 98.7 Å². The molecule has 3 aromatic heterocycles. The molecule has 0 N–H and O–H groups in total. The predicted molar refractivity (Wildman–Crippen MR) is 232 cm³/mol. The SMILES string of the molecule is c1ccc(-n2c3ccccc3c3cc(-c4ccc5c(c4)c4ccccc4n5-c4ccc5cc6c7ccccc7n(-c7ccccc7)c6cc5c4)ccc32)cc1. The second-order valence-corrected chi connectivity index (χ2v) is 14.6. The Balaban J connectivity index is 1.03. The van der Waals surface area contributed by atoms with Crippen molar-refractivity contribution < 1.29 is 0 Å². The summed E-state index contributed by atoms with van der Waals surface area (Å²) in [6.45, 7) is 0. The van der Waals surface area contributed by atoms with Crippen LogP contribution in [0.2, 0.25) is 0 Å². The Morgan fingerprint density at radius 3 is 1.16 bits per heavy atom. The first-order valence-corrected chi connectivity index (χ1v) is 18.9. The summed E-state index contributed by atoms with van der Waals surface area (Å²) in [7, 11) is 0. The molecule has 3 nitrogen and oxygen atoms in total. The lowest BCUT2D eigenvalue weighted by molar-refractivity contribution is 1.18. The molecule has 0 radical (unpaired) electrons. The summed E-state index contributed by atoms with van der Waals surface area (Å²) in [6.07, 6.45) is 0. The Labute approximate surface area is 317 Å². The quantitative estimate of drug-likeness (QED) is 0.174. The molecule has 0 saturated carbocycles. The Morgan fingerprint density at radius 1 is 0.218 bits per heavy atom. The normalized spacial score (nSPS) is 12.0. The molecule has 0 atom stereocenters. The zero-order chi connectivity index (χ0) is 36.0. The molecule has 12 rings (SSSR count). The van der Waals surface area contributed by atoms with Crippen LogP contribution in [-0.2, 0) is 0 Å². The number of hydrogen-bond donors (Lipinski definition) is 0. The third kappa shape index (κ3) is 4.44. The van der Waals surface area contributed by atoms with Gasteiger partial charge in [-0.15, -0.1) is 0 Å². The van der Waals surface area contributed by atoms with Gasteiger partial charge >= 0.3 is 0 Å². The Morgan fingerprint density at radius 2 is 0.636 bits per heavy atom. The van der Waals surface area contributed by atoms with Gasteiger partial charge in [0.25, 0.3) is 0 Å². The highest BCUT2D eigenvalue weighted by Crippen LogP contribution is 2.40.